The van der Waals surface area contributed by atoms with Gasteiger partial charge in [0.15, 0.2) is 0 Å². The lowest BCUT2D eigenvalue weighted by Gasteiger charge is -2.03. The first-order chi connectivity index (χ1) is 8.25. The van der Waals surface area contributed by atoms with E-state index in [2.05, 4.69) is 4.74 Å². The van der Waals surface area contributed by atoms with E-state index in [0.29, 0.717) is 25.2 Å². The monoisotopic (exact) mass is 232 g/mol. The maximum absolute atomic E-state index is 11.1. The lowest BCUT2D eigenvalue weighted by molar-refractivity contribution is -0.150. The molecule has 1 aromatic rings. The fourth-order valence-electron chi connectivity index (χ4n) is 1.51. The molecule has 0 atom stereocenters. The van der Waals surface area contributed by atoms with Crippen LogP contribution in [0.2, 0.25) is 0 Å². The minimum absolute atomic E-state index is 0.378. The van der Waals surface area contributed by atoms with Gasteiger partial charge in [-0.15, -0.1) is 0 Å². The Balaban J connectivity index is 1.72. The smallest absolute Gasteiger partial charge is 0.342 e. The van der Waals surface area contributed by atoms with E-state index in [4.69, 9.17) is 4.74 Å². The van der Waals surface area contributed by atoms with Crippen LogP contribution in [-0.2, 0) is 25.7 Å². The van der Waals surface area contributed by atoms with Gasteiger partial charge in [0.1, 0.15) is 0 Å². The molecule has 0 aromatic heterocycles. The van der Waals surface area contributed by atoms with E-state index < -0.39 is 11.9 Å². The highest BCUT2D eigenvalue weighted by Gasteiger charge is 2.22. The van der Waals surface area contributed by atoms with Crippen LogP contribution < -0.4 is 0 Å². The molecule has 0 aliphatic carbocycles. The minimum atomic E-state index is -0.590. The number of benzene rings is 1. The van der Waals surface area contributed by atoms with E-state index in [0.717, 1.165) is 5.56 Å². The third kappa shape index (κ3) is 3.26. The normalized spacial score (nSPS) is 14.7. The fraction of sp³-hybridized carbons (Fsp3) is 0.231. The summed E-state index contributed by atoms with van der Waals surface area (Å²) in [5, 5.41) is 0. The Morgan fingerprint density at radius 1 is 1.12 bits per heavy atom. The van der Waals surface area contributed by atoms with Gasteiger partial charge in [-0.3, -0.25) is 0 Å². The van der Waals surface area contributed by atoms with Crippen molar-refractivity contribution in [2.75, 3.05) is 6.61 Å². The van der Waals surface area contributed by atoms with Crippen molar-refractivity contribution in [3.05, 3.63) is 47.5 Å². The fourth-order valence-corrected chi connectivity index (χ4v) is 1.51. The molecule has 0 bridgehead atoms. The highest BCUT2D eigenvalue weighted by molar-refractivity contribution is 6.08. The van der Waals surface area contributed by atoms with Crippen molar-refractivity contribution in [2.24, 2.45) is 0 Å². The van der Waals surface area contributed by atoms with Crippen molar-refractivity contribution in [3.63, 3.8) is 0 Å². The predicted molar refractivity (Wildman–Crippen MR) is 59.9 cm³/mol. The highest BCUT2D eigenvalue weighted by Crippen LogP contribution is 2.12. The first-order valence-corrected chi connectivity index (χ1v) is 5.34. The van der Waals surface area contributed by atoms with Crippen LogP contribution in [0.25, 0.3) is 0 Å². The van der Waals surface area contributed by atoms with Crippen LogP contribution in [0.4, 0.5) is 0 Å². The van der Waals surface area contributed by atoms with Gasteiger partial charge in [-0.05, 0) is 5.56 Å². The SMILES string of the molecule is O=C1C=C(CCOCc2ccccc2)C(=O)O1. The number of esters is 2. The Kier molecular flexibility index (Phi) is 3.67. The van der Waals surface area contributed by atoms with Gasteiger partial charge in [0.05, 0.1) is 13.2 Å². The molecule has 0 N–H and O–H groups in total. The van der Waals surface area contributed by atoms with Crippen molar-refractivity contribution in [1.82, 2.24) is 0 Å². The number of hydrogen-bond acceptors (Lipinski definition) is 4. The van der Waals surface area contributed by atoms with Crippen LogP contribution >= 0.6 is 0 Å². The zero-order chi connectivity index (χ0) is 12.1. The van der Waals surface area contributed by atoms with E-state index in [1.165, 1.54) is 6.08 Å². The molecule has 4 nitrogen and oxygen atoms in total. The summed E-state index contributed by atoms with van der Waals surface area (Å²) in [6.45, 7) is 0.889. The first kappa shape index (κ1) is 11.5. The number of ether oxygens (including phenoxy) is 2. The van der Waals surface area contributed by atoms with Crippen LogP contribution in [-0.4, -0.2) is 18.5 Å². The van der Waals surface area contributed by atoms with Crippen LogP contribution in [0, 0.1) is 0 Å². The number of cyclic esters (lactones) is 2. The molecule has 0 unspecified atom stereocenters. The summed E-state index contributed by atoms with van der Waals surface area (Å²) in [6.07, 6.45) is 1.62. The molecule has 0 saturated heterocycles. The van der Waals surface area contributed by atoms with E-state index in [9.17, 15) is 9.59 Å². The number of hydrogen-bond donors (Lipinski definition) is 0. The van der Waals surface area contributed by atoms with Crippen molar-refractivity contribution in [1.29, 1.82) is 0 Å². The maximum Gasteiger partial charge on any atom is 0.342 e. The molecule has 1 aromatic carbocycles. The van der Waals surface area contributed by atoms with Gasteiger partial charge in [-0.2, -0.15) is 0 Å². The summed E-state index contributed by atoms with van der Waals surface area (Å²) < 4.78 is 9.77. The molecule has 4 heteroatoms. The van der Waals surface area contributed by atoms with Crippen molar-refractivity contribution >= 4 is 11.9 Å². The molecule has 0 saturated carbocycles. The van der Waals surface area contributed by atoms with Crippen molar-refractivity contribution in [3.8, 4) is 0 Å². The maximum atomic E-state index is 11.1. The largest absolute Gasteiger partial charge is 0.386 e. The molecule has 0 radical (unpaired) electrons. The molecular weight excluding hydrogens is 220 g/mol. The highest BCUT2D eigenvalue weighted by atomic mass is 16.6. The molecule has 0 amide bonds. The average Bonchev–Trinajstić information content (AvgIpc) is 2.65. The first-order valence-electron chi connectivity index (χ1n) is 5.34. The molecule has 1 heterocycles. The topological polar surface area (TPSA) is 52.6 Å². The van der Waals surface area contributed by atoms with Crippen LogP contribution in [0.1, 0.15) is 12.0 Å². The van der Waals surface area contributed by atoms with E-state index in [1.54, 1.807) is 0 Å². The van der Waals surface area contributed by atoms with E-state index in [1.807, 2.05) is 30.3 Å². The standard InChI is InChI=1S/C13H12O4/c14-12-8-11(13(15)17-12)6-7-16-9-10-4-2-1-3-5-10/h1-5,8H,6-7,9H2. The Labute approximate surface area is 98.8 Å². The van der Waals surface area contributed by atoms with Crippen molar-refractivity contribution in [2.45, 2.75) is 13.0 Å². The molecule has 0 fully saturated rings. The van der Waals surface area contributed by atoms with Gasteiger partial charge in [0, 0.05) is 18.1 Å². The molecule has 1 aliphatic rings. The van der Waals surface area contributed by atoms with Gasteiger partial charge in [0.2, 0.25) is 0 Å². The molecule has 0 spiro atoms. The van der Waals surface area contributed by atoms with Crippen molar-refractivity contribution < 1.29 is 19.1 Å². The Morgan fingerprint density at radius 3 is 2.53 bits per heavy atom. The number of carbonyl (C=O) groups excluding carboxylic acids is 2. The summed E-state index contributed by atoms with van der Waals surface area (Å²) in [5.74, 6) is -1.15. The summed E-state index contributed by atoms with van der Waals surface area (Å²) in [4.78, 5) is 21.8. The second-order valence-corrected chi connectivity index (χ2v) is 3.67. The molecule has 2 rings (SSSR count). The summed E-state index contributed by atoms with van der Waals surface area (Å²) in [6, 6.07) is 9.75. The van der Waals surface area contributed by atoms with Crippen LogP contribution in [0.3, 0.4) is 0 Å². The second kappa shape index (κ2) is 5.41. The van der Waals surface area contributed by atoms with E-state index in [-0.39, 0.29) is 0 Å². The Morgan fingerprint density at radius 2 is 1.88 bits per heavy atom. The molecular formula is C13H12O4. The number of rotatable bonds is 5. The number of carbonyl (C=O) groups is 2. The van der Waals surface area contributed by atoms with Gasteiger partial charge in [-0.25, -0.2) is 9.59 Å². The quantitative estimate of drug-likeness (QED) is 0.439. The Hall–Kier alpha value is -1.94. The van der Waals surface area contributed by atoms with Crippen LogP contribution in [0.5, 0.6) is 0 Å². The third-order valence-electron chi connectivity index (χ3n) is 2.37. The zero-order valence-corrected chi connectivity index (χ0v) is 9.22. The van der Waals surface area contributed by atoms with Gasteiger partial charge >= 0.3 is 11.9 Å². The van der Waals surface area contributed by atoms with Crippen LogP contribution in [0.15, 0.2) is 42.0 Å². The van der Waals surface area contributed by atoms with E-state index >= 15 is 0 Å². The average molecular weight is 232 g/mol. The summed E-state index contributed by atoms with van der Waals surface area (Å²) in [7, 11) is 0. The molecule has 1 aliphatic heterocycles. The zero-order valence-electron chi connectivity index (χ0n) is 9.22. The lowest BCUT2D eigenvalue weighted by atomic mass is 10.2. The molecule has 17 heavy (non-hydrogen) atoms. The van der Waals surface area contributed by atoms with Gasteiger partial charge < -0.3 is 9.47 Å². The lowest BCUT2D eigenvalue weighted by Crippen LogP contribution is -2.04. The second-order valence-electron chi connectivity index (χ2n) is 3.67. The Bertz CT molecular complexity index is 448. The minimum Gasteiger partial charge on any atom is -0.386 e. The summed E-state index contributed by atoms with van der Waals surface area (Å²) in [5.41, 5.74) is 1.45. The van der Waals surface area contributed by atoms with Gasteiger partial charge in [-0.1, -0.05) is 30.3 Å². The predicted octanol–water partition coefficient (Wildman–Crippen LogP) is 1.60. The van der Waals surface area contributed by atoms with Gasteiger partial charge in [0.25, 0.3) is 0 Å². The summed E-state index contributed by atoms with van der Waals surface area (Å²) >= 11 is 0. The molecule has 88 valence electrons. The third-order valence-corrected chi connectivity index (χ3v) is 2.37.